The van der Waals surface area contributed by atoms with Crippen LogP contribution in [0.2, 0.25) is 0 Å². The summed E-state index contributed by atoms with van der Waals surface area (Å²) in [7, 11) is 1.57. The number of nitrogens with one attached hydrogen (secondary N) is 2. The average Bonchev–Trinajstić information content (AvgIpc) is 2.26. The molecule has 1 unspecified atom stereocenters. The number of amides is 1. The van der Waals surface area contributed by atoms with Gasteiger partial charge in [-0.05, 0) is 6.92 Å². The molecule has 7 nitrogen and oxygen atoms in total. The first-order valence-corrected chi connectivity index (χ1v) is 5.05. The van der Waals surface area contributed by atoms with Crippen LogP contribution in [0, 0.1) is 0 Å². The highest BCUT2D eigenvalue weighted by molar-refractivity contribution is 5.80. The fourth-order valence-electron chi connectivity index (χ4n) is 1.05. The predicted molar refractivity (Wildman–Crippen MR) is 60.4 cm³/mol. The fraction of sp³-hybridized carbons (Fsp3) is 0.778. The largest absolute Gasteiger partial charge is 0.409 e. The van der Waals surface area contributed by atoms with Crippen LogP contribution in [0.3, 0.4) is 0 Å². The molecule has 0 aliphatic heterocycles. The molecule has 94 valence electrons. The second-order valence-electron chi connectivity index (χ2n) is 3.42. The molecule has 0 aliphatic carbocycles. The van der Waals surface area contributed by atoms with Crippen LogP contribution in [0.4, 0.5) is 0 Å². The number of oxime groups is 1. The molecule has 0 aromatic heterocycles. The van der Waals surface area contributed by atoms with Crippen molar-refractivity contribution in [3.8, 4) is 0 Å². The van der Waals surface area contributed by atoms with Gasteiger partial charge in [-0.25, -0.2) is 0 Å². The van der Waals surface area contributed by atoms with Crippen LogP contribution >= 0.6 is 0 Å². The van der Waals surface area contributed by atoms with Gasteiger partial charge >= 0.3 is 0 Å². The quantitative estimate of drug-likeness (QED) is 0.139. The van der Waals surface area contributed by atoms with Crippen molar-refractivity contribution in [2.24, 2.45) is 10.9 Å². The monoisotopic (exact) mass is 232 g/mol. The standard InChI is InChI=1S/C9H20N4O3/c1-7(5-8(10)13-15)12-6-9(14)11-3-4-16-2/h7,12,15H,3-6H2,1-2H3,(H2,10,13)(H,11,14). The molecule has 5 N–H and O–H groups in total. The van der Waals surface area contributed by atoms with E-state index in [1.54, 1.807) is 7.11 Å². The molecule has 0 spiro atoms. The van der Waals surface area contributed by atoms with Crippen LogP contribution in [0.1, 0.15) is 13.3 Å². The Balaban J connectivity index is 3.58. The maximum atomic E-state index is 11.2. The number of carbonyl (C=O) groups excluding carboxylic acids is 1. The van der Waals surface area contributed by atoms with Gasteiger partial charge in [0.25, 0.3) is 0 Å². The van der Waals surface area contributed by atoms with E-state index in [0.717, 1.165) is 0 Å². The Labute approximate surface area is 95.0 Å². The lowest BCUT2D eigenvalue weighted by molar-refractivity contribution is -0.120. The van der Waals surface area contributed by atoms with E-state index in [9.17, 15) is 4.79 Å². The highest BCUT2D eigenvalue weighted by atomic mass is 16.5. The Morgan fingerprint density at radius 3 is 2.88 bits per heavy atom. The molecular formula is C9H20N4O3. The third-order valence-electron chi connectivity index (χ3n) is 1.88. The Morgan fingerprint density at radius 1 is 1.62 bits per heavy atom. The van der Waals surface area contributed by atoms with Gasteiger partial charge in [-0.3, -0.25) is 4.79 Å². The van der Waals surface area contributed by atoms with E-state index in [0.29, 0.717) is 19.6 Å². The summed E-state index contributed by atoms with van der Waals surface area (Å²) < 4.78 is 4.79. The van der Waals surface area contributed by atoms with E-state index >= 15 is 0 Å². The average molecular weight is 232 g/mol. The number of nitrogens with two attached hydrogens (primary N) is 1. The summed E-state index contributed by atoms with van der Waals surface area (Å²) in [6, 6.07) is -0.0240. The predicted octanol–water partition coefficient (Wildman–Crippen LogP) is -1.14. The Kier molecular flexibility index (Phi) is 8.18. The summed E-state index contributed by atoms with van der Waals surface area (Å²) in [5, 5.41) is 16.8. The molecule has 0 bridgehead atoms. The van der Waals surface area contributed by atoms with E-state index in [-0.39, 0.29) is 24.3 Å². The van der Waals surface area contributed by atoms with Crippen LogP contribution in [0.25, 0.3) is 0 Å². The van der Waals surface area contributed by atoms with E-state index in [4.69, 9.17) is 15.7 Å². The van der Waals surface area contributed by atoms with E-state index in [2.05, 4.69) is 15.8 Å². The maximum absolute atomic E-state index is 11.2. The normalized spacial score (nSPS) is 13.5. The second kappa shape index (κ2) is 8.93. The van der Waals surface area contributed by atoms with Crippen LogP contribution in [0.5, 0.6) is 0 Å². The minimum Gasteiger partial charge on any atom is -0.409 e. The first kappa shape index (κ1) is 14.7. The zero-order chi connectivity index (χ0) is 12.4. The van der Waals surface area contributed by atoms with Gasteiger partial charge in [0, 0.05) is 26.1 Å². The number of rotatable bonds is 8. The van der Waals surface area contributed by atoms with Gasteiger partial charge < -0.3 is 26.3 Å². The smallest absolute Gasteiger partial charge is 0.234 e. The molecule has 0 saturated carbocycles. The van der Waals surface area contributed by atoms with Gasteiger partial charge in [-0.1, -0.05) is 5.16 Å². The molecule has 7 heteroatoms. The molecule has 1 atom stereocenters. The van der Waals surface area contributed by atoms with Crippen molar-refractivity contribution >= 4 is 11.7 Å². The zero-order valence-electron chi connectivity index (χ0n) is 9.69. The highest BCUT2D eigenvalue weighted by Crippen LogP contribution is 1.89. The third kappa shape index (κ3) is 8.01. The van der Waals surface area contributed by atoms with Gasteiger partial charge in [0.05, 0.1) is 13.2 Å². The van der Waals surface area contributed by atoms with Crippen molar-refractivity contribution in [1.29, 1.82) is 0 Å². The van der Waals surface area contributed by atoms with Gasteiger partial charge in [0.1, 0.15) is 5.84 Å². The minimum absolute atomic E-state index is 0.0240. The van der Waals surface area contributed by atoms with Crippen LogP contribution in [-0.4, -0.2) is 49.8 Å². The lowest BCUT2D eigenvalue weighted by Gasteiger charge is -2.12. The Bertz CT molecular complexity index is 233. The summed E-state index contributed by atoms with van der Waals surface area (Å²) in [5.41, 5.74) is 5.32. The Morgan fingerprint density at radius 2 is 2.31 bits per heavy atom. The van der Waals surface area contributed by atoms with Crippen molar-refractivity contribution in [3.63, 3.8) is 0 Å². The number of ether oxygens (including phenoxy) is 1. The number of hydrogen-bond acceptors (Lipinski definition) is 5. The molecule has 0 heterocycles. The van der Waals surface area contributed by atoms with Crippen molar-refractivity contribution in [2.75, 3.05) is 26.8 Å². The van der Waals surface area contributed by atoms with Gasteiger partial charge in [0.15, 0.2) is 0 Å². The molecule has 0 aliphatic rings. The molecule has 0 aromatic rings. The number of nitrogens with zero attached hydrogens (tertiary/aromatic N) is 1. The zero-order valence-corrected chi connectivity index (χ0v) is 9.69. The van der Waals surface area contributed by atoms with Crippen molar-refractivity contribution in [3.05, 3.63) is 0 Å². The van der Waals surface area contributed by atoms with E-state index in [1.165, 1.54) is 0 Å². The van der Waals surface area contributed by atoms with Crippen molar-refractivity contribution in [1.82, 2.24) is 10.6 Å². The van der Waals surface area contributed by atoms with Crippen molar-refractivity contribution < 1.29 is 14.7 Å². The first-order chi connectivity index (χ1) is 7.60. The van der Waals surface area contributed by atoms with E-state index in [1.807, 2.05) is 6.92 Å². The van der Waals surface area contributed by atoms with Crippen LogP contribution < -0.4 is 16.4 Å². The van der Waals surface area contributed by atoms with Gasteiger partial charge in [0.2, 0.25) is 5.91 Å². The first-order valence-electron chi connectivity index (χ1n) is 5.05. The summed E-state index contributed by atoms with van der Waals surface area (Å²) in [6.07, 6.45) is 0.391. The van der Waals surface area contributed by atoms with Crippen LogP contribution in [-0.2, 0) is 9.53 Å². The summed E-state index contributed by atoms with van der Waals surface area (Å²) in [5.74, 6) is 0.0307. The molecule has 0 aromatic carbocycles. The van der Waals surface area contributed by atoms with Crippen molar-refractivity contribution in [2.45, 2.75) is 19.4 Å². The second-order valence-corrected chi connectivity index (χ2v) is 3.42. The topological polar surface area (TPSA) is 109 Å². The fourth-order valence-corrected chi connectivity index (χ4v) is 1.05. The summed E-state index contributed by atoms with van der Waals surface area (Å²) in [4.78, 5) is 11.2. The molecule has 0 saturated heterocycles. The third-order valence-corrected chi connectivity index (χ3v) is 1.88. The summed E-state index contributed by atoms with van der Waals surface area (Å²) >= 11 is 0. The van der Waals surface area contributed by atoms with Gasteiger partial charge in [-0.15, -0.1) is 0 Å². The maximum Gasteiger partial charge on any atom is 0.234 e. The van der Waals surface area contributed by atoms with E-state index < -0.39 is 0 Å². The molecule has 1 amide bonds. The molecule has 16 heavy (non-hydrogen) atoms. The highest BCUT2D eigenvalue weighted by Gasteiger charge is 2.06. The van der Waals surface area contributed by atoms with Gasteiger partial charge in [-0.2, -0.15) is 0 Å². The molecule has 0 radical (unpaired) electrons. The molecule has 0 fully saturated rings. The summed E-state index contributed by atoms with van der Waals surface area (Å²) in [6.45, 7) is 3.03. The molecular weight excluding hydrogens is 212 g/mol. The SMILES string of the molecule is COCCNC(=O)CNC(C)CC(N)=NO. The number of methoxy groups -OCH3 is 1. The number of amidine groups is 1. The van der Waals surface area contributed by atoms with Crippen LogP contribution in [0.15, 0.2) is 5.16 Å². The molecule has 0 rings (SSSR count). The minimum atomic E-state index is -0.108. The lowest BCUT2D eigenvalue weighted by Crippen LogP contribution is -2.40. The number of hydrogen-bond donors (Lipinski definition) is 4. The number of carbonyl (C=O) groups is 1. The Hall–Kier alpha value is -1.34. The lowest BCUT2D eigenvalue weighted by atomic mass is 10.2.